The number of amides is 1. The summed E-state index contributed by atoms with van der Waals surface area (Å²) < 4.78 is 5.87. The molecule has 0 spiro atoms. The number of aromatic nitrogens is 1. The number of carbonyl (C=O) groups excluding carboxylic acids is 1. The minimum Gasteiger partial charge on any atom is -0.488 e. The molecule has 1 aliphatic heterocycles. The fraction of sp³-hybridized carbons (Fsp3) is 0.333. The minimum atomic E-state index is 0.0717. The second kappa shape index (κ2) is 5.63. The number of thiophene rings is 1. The first-order valence-corrected chi connectivity index (χ1v) is 7.51. The summed E-state index contributed by atoms with van der Waals surface area (Å²) in [6.07, 6.45) is 4.37. The molecule has 1 aliphatic rings. The Morgan fingerprint density at radius 1 is 1.45 bits per heavy atom. The second-order valence-electron chi connectivity index (χ2n) is 4.95. The number of rotatable bonds is 3. The Balaban J connectivity index is 1.61. The van der Waals surface area contributed by atoms with Crippen LogP contribution >= 0.6 is 11.3 Å². The lowest BCUT2D eigenvalue weighted by molar-refractivity contribution is 0.0777. The average molecular weight is 288 g/mol. The molecule has 0 bridgehead atoms. The SMILES string of the molecule is Cc1csc(C(=O)N2CC[C@@H](Oc3ccncc3)C2)c1. The van der Waals surface area contributed by atoms with Gasteiger partial charge in [0, 0.05) is 25.4 Å². The molecular weight excluding hydrogens is 272 g/mol. The van der Waals surface area contributed by atoms with Gasteiger partial charge in [-0.3, -0.25) is 9.78 Å². The summed E-state index contributed by atoms with van der Waals surface area (Å²) >= 11 is 1.51. The van der Waals surface area contributed by atoms with E-state index in [1.54, 1.807) is 12.4 Å². The molecule has 0 aromatic carbocycles. The number of ether oxygens (including phenoxy) is 1. The minimum absolute atomic E-state index is 0.0717. The molecule has 1 saturated heterocycles. The first-order chi connectivity index (χ1) is 9.72. The van der Waals surface area contributed by atoms with E-state index in [-0.39, 0.29) is 12.0 Å². The van der Waals surface area contributed by atoms with Gasteiger partial charge >= 0.3 is 0 Å². The normalized spacial score (nSPS) is 18.2. The third-order valence-electron chi connectivity index (χ3n) is 3.33. The van der Waals surface area contributed by atoms with Gasteiger partial charge in [-0.05, 0) is 36.1 Å². The summed E-state index contributed by atoms with van der Waals surface area (Å²) in [5, 5.41) is 2.01. The van der Waals surface area contributed by atoms with E-state index in [4.69, 9.17) is 4.74 Å². The molecule has 20 heavy (non-hydrogen) atoms. The van der Waals surface area contributed by atoms with E-state index in [9.17, 15) is 4.79 Å². The number of nitrogens with zero attached hydrogens (tertiary/aromatic N) is 2. The van der Waals surface area contributed by atoms with Gasteiger partial charge in [-0.2, -0.15) is 0 Å². The number of hydrogen-bond acceptors (Lipinski definition) is 4. The molecule has 4 nitrogen and oxygen atoms in total. The van der Waals surface area contributed by atoms with Crippen molar-refractivity contribution in [2.75, 3.05) is 13.1 Å². The van der Waals surface area contributed by atoms with Crippen LogP contribution in [0, 0.1) is 6.92 Å². The Morgan fingerprint density at radius 3 is 2.95 bits per heavy atom. The van der Waals surface area contributed by atoms with Crippen LogP contribution in [0.15, 0.2) is 36.0 Å². The van der Waals surface area contributed by atoms with E-state index < -0.39 is 0 Å². The lowest BCUT2D eigenvalue weighted by Crippen LogP contribution is -2.30. The Morgan fingerprint density at radius 2 is 2.25 bits per heavy atom. The molecule has 2 aromatic rings. The third-order valence-corrected chi connectivity index (χ3v) is 4.36. The molecular formula is C15H16N2O2S. The first kappa shape index (κ1) is 13.1. The van der Waals surface area contributed by atoms with Crippen molar-refractivity contribution < 1.29 is 9.53 Å². The number of likely N-dealkylation sites (tertiary alicyclic amines) is 1. The molecule has 2 aromatic heterocycles. The van der Waals surface area contributed by atoms with E-state index in [2.05, 4.69) is 4.98 Å². The average Bonchev–Trinajstić information content (AvgIpc) is 3.08. The van der Waals surface area contributed by atoms with Crippen LogP contribution < -0.4 is 4.74 Å². The molecule has 3 rings (SSSR count). The number of pyridine rings is 1. The van der Waals surface area contributed by atoms with Gasteiger partial charge in [0.05, 0.1) is 11.4 Å². The summed E-state index contributed by atoms with van der Waals surface area (Å²) in [5.41, 5.74) is 1.14. The summed E-state index contributed by atoms with van der Waals surface area (Å²) in [7, 11) is 0. The number of hydrogen-bond donors (Lipinski definition) is 0. The van der Waals surface area contributed by atoms with Crippen LogP contribution in [0.3, 0.4) is 0 Å². The van der Waals surface area contributed by atoms with Crippen LogP contribution in [-0.4, -0.2) is 35.0 Å². The molecule has 104 valence electrons. The van der Waals surface area contributed by atoms with E-state index in [0.717, 1.165) is 29.2 Å². The molecule has 1 atom stereocenters. The highest BCUT2D eigenvalue weighted by atomic mass is 32.1. The van der Waals surface area contributed by atoms with Crippen molar-refractivity contribution in [3.63, 3.8) is 0 Å². The Labute approximate surface area is 122 Å². The Hall–Kier alpha value is -1.88. The standard InChI is InChI=1S/C15H16N2O2S/c1-11-8-14(20-10-11)15(18)17-7-4-13(9-17)19-12-2-5-16-6-3-12/h2-3,5-6,8,10,13H,4,7,9H2,1H3/t13-/m1/s1. The Kier molecular flexibility index (Phi) is 3.69. The van der Waals surface area contributed by atoms with Crippen molar-refractivity contribution in [2.45, 2.75) is 19.4 Å². The molecule has 1 fully saturated rings. The monoisotopic (exact) mass is 288 g/mol. The predicted molar refractivity (Wildman–Crippen MR) is 78.2 cm³/mol. The zero-order valence-electron chi connectivity index (χ0n) is 11.3. The van der Waals surface area contributed by atoms with Gasteiger partial charge in [0.25, 0.3) is 5.91 Å². The maximum absolute atomic E-state index is 12.3. The van der Waals surface area contributed by atoms with Crippen molar-refractivity contribution >= 4 is 17.2 Å². The zero-order valence-corrected chi connectivity index (χ0v) is 12.1. The van der Waals surface area contributed by atoms with Crippen molar-refractivity contribution in [2.24, 2.45) is 0 Å². The van der Waals surface area contributed by atoms with Gasteiger partial charge in [-0.1, -0.05) is 0 Å². The highest BCUT2D eigenvalue weighted by Crippen LogP contribution is 2.22. The number of aryl methyl sites for hydroxylation is 1. The molecule has 0 aliphatic carbocycles. The van der Waals surface area contributed by atoms with Gasteiger partial charge in [0.1, 0.15) is 11.9 Å². The van der Waals surface area contributed by atoms with Crippen LogP contribution in [0.2, 0.25) is 0 Å². The Bertz CT molecular complexity index is 597. The van der Waals surface area contributed by atoms with Crippen LogP contribution in [0.5, 0.6) is 5.75 Å². The summed E-state index contributed by atoms with van der Waals surface area (Å²) in [4.78, 5) is 19.0. The molecule has 0 unspecified atom stereocenters. The second-order valence-corrected chi connectivity index (χ2v) is 5.86. The first-order valence-electron chi connectivity index (χ1n) is 6.63. The summed E-state index contributed by atoms with van der Waals surface area (Å²) in [6, 6.07) is 5.63. The van der Waals surface area contributed by atoms with Crippen molar-refractivity contribution in [3.05, 3.63) is 46.4 Å². The van der Waals surface area contributed by atoms with E-state index in [1.807, 2.05) is 35.4 Å². The molecule has 0 saturated carbocycles. The number of carbonyl (C=O) groups is 1. The van der Waals surface area contributed by atoms with Crippen LogP contribution in [0.25, 0.3) is 0 Å². The smallest absolute Gasteiger partial charge is 0.264 e. The van der Waals surface area contributed by atoms with Crippen LogP contribution in [0.4, 0.5) is 0 Å². The van der Waals surface area contributed by atoms with Crippen molar-refractivity contribution in [1.82, 2.24) is 9.88 Å². The molecule has 5 heteroatoms. The third kappa shape index (κ3) is 2.82. The summed E-state index contributed by atoms with van der Waals surface area (Å²) in [5.74, 6) is 0.926. The molecule has 0 N–H and O–H groups in total. The lowest BCUT2D eigenvalue weighted by Gasteiger charge is -2.16. The quantitative estimate of drug-likeness (QED) is 0.872. The van der Waals surface area contributed by atoms with Gasteiger partial charge in [0.15, 0.2) is 0 Å². The van der Waals surface area contributed by atoms with Crippen LogP contribution in [-0.2, 0) is 0 Å². The van der Waals surface area contributed by atoms with Crippen molar-refractivity contribution in [1.29, 1.82) is 0 Å². The fourth-order valence-corrected chi connectivity index (χ4v) is 3.18. The highest BCUT2D eigenvalue weighted by molar-refractivity contribution is 7.12. The topological polar surface area (TPSA) is 42.4 Å². The van der Waals surface area contributed by atoms with Gasteiger partial charge < -0.3 is 9.64 Å². The molecule has 1 amide bonds. The maximum Gasteiger partial charge on any atom is 0.264 e. The van der Waals surface area contributed by atoms with Crippen LogP contribution in [0.1, 0.15) is 21.7 Å². The zero-order chi connectivity index (χ0) is 13.9. The largest absolute Gasteiger partial charge is 0.488 e. The predicted octanol–water partition coefficient (Wildman–Crippen LogP) is 2.75. The van der Waals surface area contributed by atoms with E-state index >= 15 is 0 Å². The fourth-order valence-electron chi connectivity index (χ4n) is 2.32. The molecule has 0 radical (unpaired) electrons. The molecule has 3 heterocycles. The highest BCUT2D eigenvalue weighted by Gasteiger charge is 2.28. The van der Waals surface area contributed by atoms with Gasteiger partial charge in [-0.15, -0.1) is 11.3 Å². The summed E-state index contributed by atoms with van der Waals surface area (Å²) in [6.45, 7) is 3.41. The van der Waals surface area contributed by atoms with Crippen molar-refractivity contribution in [3.8, 4) is 5.75 Å². The van der Waals surface area contributed by atoms with Gasteiger partial charge in [0.2, 0.25) is 0 Å². The van der Waals surface area contributed by atoms with Gasteiger partial charge in [-0.25, -0.2) is 0 Å². The van der Waals surface area contributed by atoms with E-state index in [1.165, 1.54) is 11.3 Å². The maximum atomic E-state index is 12.3. The lowest BCUT2D eigenvalue weighted by atomic mass is 10.3. The van der Waals surface area contributed by atoms with E-state index in [0.29, 0.717) is 6.54 Å².